The molecule has 5 heteroatoms. The highest BCUT2D eigenvalue weighted by molar-refractivity contribution is 5.75. The van der Waals surface area contributed by atoms with Crippen molar-refractivity contribution in [3.63, 3.8) is 0 Å². The molecule has 0 aliphatic carbocycles. The number of carbonyl (C=O) groups is 1. The third-order valence-electron chi connectivity index (χ3n) is 2.85. The van der Waals surface area contributed by atoms with Crippen molar-refractivity contribution >= 4 is 5.91 Å². The number of hydrogen-bond donors (Lipinski definition) is 2. The molecular formula is C14H21FN2O2. The van der Waals surface area contributed by atoms with Crippen LogP contribution in [0.4, 0.5) is 4.39 Å². The van der Waals surface area contributed by atoms with Crippen molar-refractivity contribution in [2.75, 3.05) is 20.2 Å². The molecule has 1 rings (SSSR count). The van der Waals surface area contributed by atoms with E-state index in [1.807, 2.05) is 27.0 Å². The van der Waals surface area contributed by atoms with Crippen molar-refractivity contribution in [3.05, 3.63) is 29.6 Å². The van der Waals surface area contributed by atoms with Crippen molar-refractivity contribution in [1.29, 1.82) is 0 Å². The molecule has 4 nitrogen and oxygen atoms in total. The van der Waals surface area contributed by atoms with Crippen LogP contribution in [0.2, 0.25) is 0 Å². The van der Waals surface area contributed by atoms with Gasteiger partial charge in [0, 0.05) is 12.6 Å². The molecule has 2 N–H and O–H groups in total. The van der Waals surface area contributed by atoms with Crippen LogP contribution in [0.3, 0.4) is 0 Å². The van der Waals surface area contributed by atoms with Crippen molar-refractivity contribution in [2.45, 2.75) is 26.3 Å². The van der Waals surface area contributed by atoms with Crippen LogP contribution in [0.5, 0.6) is 5.75 Å². The third kappa shape index (κ3) is 4.87. The predicted octanol–water partition coefficient (Wildman–Crippen LogP) is 2.01. The molecule has 1 unspecified atom stereocenters. The predicted molar refractivity (Wildman–Crippen MR) is 72.7 cm³/mol. The molecule has 0 aliphatic heterocycles. The van der Waals surface area contributed by atoms with Gasteiger partial charge in [-0.2, -0.15) is 0 Å². The Bertz CT molecular complexity index is 424. The lowest BCUT2D eigenvalue weighted by molar-refractivity contribution is -0.121. The Morgan fingerprint density at radius 3 is 2.79 bits per heavy atom. The molecule has 1 atom stereocenters. The number of rotatable bonds is 7. The van der Waals surface area contributed by atoms with Gasteiger partial charge in [-0.25, -0.2) is 4.39 Å². The fraction of sp³-hybridized carbons (Fsp3) is 0.500. The van der Waals surface area contributed by atoms with E-state index in [1.54, 1.807) is 6.07 Å². The molecule has 19 heavy (non-hydrogen) atoms. The van der Waals surface area contributed by atoms with E-state index in [9.17, 15) is 9.18 Å². The van der Waals surface area contributed by atoms with Crippen molar-refractivity contribution in [1.82, 2.24) is 10.6 Å². The summed E-state index contributed by atoms with van der Waals surface area (Å²) in [5.74, 6) is -0.324. The van der Waals surface area contributed by atoms with Gasteiger partial charge in [0.05, 0.1) is 13.0 Å². The van der Waals surface area contributed by atoms with Crippen LogP contribution < -0.4 is 15.4 Å². The highest BCUT2D eigenvalue weighted by atomic mass is 19.1. The van der Waals surface area contributed by atoms with E-state index < -0.39 is 5.82 Å². The van der Waals surface area contributed by atoms with Crippen LogP contribution in [0.25, 0.3) is 0 Å². The minimum Gasteiger partial charge on any atom is -0.490 e. The second kappa shape index (κ2) is 7.74. The molecular weight excluding hydrogens is 247 g/mol. The van der Waals surface area contributed by atoms with Gasteiger partial charge in [-0.05, 0) is 38.6 Å². The molecule has 0 aliphatic rings. The second-order valence-electron chi connectivity index (χ2n) is 4.25. The first-order valence-electron chi connectivity index (χ1n) is 6.44. The summed E-state index contributed by atoms with van der Waals surface area (Å²) < 4.78 is 19.0. The molecule has 0 fully saturated rings. The summed E-state index contributed by atoms with van der Waals surface area (Å²) in [6.07, 6.45) is 0.224. The molecule has 1 amide bonds. The fourth-order valence-corrected chi connectivity index (χ4v) is 1.61. The van der Waals surface area contributed by atoms with Gasteiger partial charge >= 0.3 is 0 Å². The Kier molecular flexibility index (Phi) is 6.29. The number of amides is 1. The van der Waals surface area contributed by atoms with Crippen molar-refractivity contribution in [2.24, 2.45) is 0 Å². The van der Waals surface area contributed by atoms with E-state index in [4.69, 9.17) is 4.74 Å². The molecule has 0 saturated carbocycles. The first kappa shape index (κ1) is 15.4. The molecule has 0 saturated heterocycles. The highest BCUT2D eigenvalue weighted by Gasteiger charge is 2.09. The van der Waals surface area contributed by atoms with Crippen LogP contribution in [-0.2, 0) is 4.79 Å². The lowest BCUT2D eigenvalue weighted by Gasteiger charge is -2.12. The van der Waals surface area contributed by atoms with Gasteiger partial charge in [-0.1, -0.05) is 6.07 Å². The minimum atomic E-state index is -0.407. The first-order chi connectivity index (χ1) is 9.08. The lowest BCUT2D eigenvalue weighted by atomic mass is 10.1. The van der Waals surface area contributed by atoms with Crippen LogP contribution >= 0.6 is 0 Å². The smallest absolute Gasteiger partial charge is 0.223 e. The van der Waals surface area contributed by atoms with E-state index in [1.165, 1.54) is 6.07 Å². The number of ether oxygens (including phenoxy) is 1. The van der Waals surface area contributed by atoms with E-state index in [0.717, 1.165) is 5.56 Å². The Hall–Kier alpha value is -1.62. The number of benzene rings is 1. The maximum Gasteiger partial charge on any atom is 0.223 e. The van der Waals surface area contributed by atoms with Gasteiger partial charge in [-0.15, -0.1) is 0 Å². The maximum absolute atomic E-state index is 13.8. The number of carbonyl (C=O) groups excluding carboxylic acids is 1. The van der Waals surface area contributed by atoms with Crippen LogP contribution in [0.1, 0.15) is 31.9 Å². The van der Waals surface area contributed by atoms with Crippen LogP contribution in [0.15, 0.2) is 18.2 Å². The van der Waals surface area contributed by atoms with Crippen molar-refractivity contribution in [3.8, 4) is 5.75 Å². The molecule has 1 aromatic rings. The molecule has 1 aromatic carbocycles. The SMILES string of the molecule is CCNC(=O)CCOc1ccc(C(C)NC)cc1F. The molecule has 0 aromatic heterocycles. The summed E-state index contributed by atoms with van der Waals surface area (Å²) in [5.41, 5.74) is 0.857. The van der Waals surface area contributed by atoms with Gasteiger partial charge in [-0.3, -0.25) is 4.79 Å². The van der Waals surface area contributed by atoms with Gasteiger partial charge in [0.1, 0.15) is 0 Å². The summed E-state index contributed by atoms with van der Waals surface area (Å²) >= 11 is 0. The second-order valence-corrected chi connectivity index (χ2v) is 4.25. The summed E-state index contributed by atoms with van der Waals surface area (Å²) in [4.78, 5) is 11.2. The van der Waals surface area contributed by atoms with Crippen molar-refractivity contribution < 1.29 is 13.9 Å². The van der Waals surface area contributed by atoms with Crippen LogP contribution in [0, 0.1) is 5.82 Å². The Labute approximate surface area is 113 Å². The highest BCUT2D eigenvalue weighted by Crippen LogP contribution is 2.21. The average Bonchev–Trinajstić information content (AvgIpc) is 2.40. The monoisotopic (exact) mass is 268 g/mol. The topological polar surface area (TPSA) is 50.4 Å². The standard InChI is InChI=1S/C14H21FN2O2/c1-4-17-14(18)7-8-19-13-6-5-11(9-12(13)15)10(2)16-3/h5-6,9-10,16H,4,7-8H2,1-3H3,(H,17,18). The molecule has 106 valence electrons. The zero-order chi connectivity index (χ0) is 14.3. The number of nitrogens with one attached hydrogen (secondary N) is 2. The largest absolute Gasteiger partial charge is 0.490 e. The quantitative estimate of drug-likeness (QED) is 0.795. The van der Waals surface area contributed by atoms with Crippen LogP contribution in [-0.4, -0.2) is 26.1 Å². The van der Waals surface area contributed by atoms with E-state index >= 15 is 0 Å². The van der Waals surface area contributed by atoms with E-state index in [-0.39, 0.29) is 30.7 Å². The van der Waals surface area contributed by atoms with Gasteiger partial charge in [0.25, 0.3) is 0 Å². The Morgan fingerprint density at radius 2 is 2.21 bits per heavy atom. The molecule has 0 heterocycles. The maximum atomic E-state index is 13.8. The molecule has 0 bridgehead atoms. The Morgan fingerprint density at radius 1 is 1.47 bits per heavy atom. The van der Waals surface area contributed by atoms with E-state index in [0.29, 0.717) is 6.54 Å². The third-order valence-corrected chi connectivity index (χ3v) is 2.85. The zero-order valence-corrected chi connectivity index (χ0v) is 11.6. The first-order valence-corrected chi connectivity index (χ1v) is 6.44. The average molecular weight is 268 g/mol. The molecule has 0 spiro atoms. The zero-order valence-electron chi connectivity index (χ0n) is 11.6. The number of hydrogen-bond acceptors (Lipinski definition) is 3. The summed E-state index contributed by atoms with van der Waals surface area (Å²) in [5, 5.41) is 5.70. The normalized spacial score (nSPS) is 12.0. The lowest BCUT2D eigenvalue weighted by Crippen LogP contribution is -2.24. The molecule has 0 radical (unpaired) electrons. The van der Waals surface area contributed by atoms with E-state index in [2.05, 4.69) is 10.6 Å². The summed E-state index contributed by atoms with van der Waals surface area (Å²) in [7, 11) is 1.82. The fourth-order valence-electron chi connectivity index (χ4n) is 1.61. The summed E-state index contributed by atoms with van der Waals surface area (Å²) in [6.45, 7) is 4.55. The minimum absolute atomic E-state index is 0.0823. The number of halogens is 1. The summed E-state index contributed by atoms with van der Waals surface area (Å²) in [6, 6.07) is 4.93. The van der Waals surface area contributed by atoms with Gasteiger partial charge in [0.15, 0.2) is 11.6 Å². The van der Waals surface area contributed by atoms with Gasteiger partial charge in [0.2, 0.25) is 5.91 Å². The Balaban J connectivity index is 2.53. The van der Waals surface area contributed by atoms with Gasteiger partial charge < -0.3 is 15.4 Å².